The topological polar surface area (TPSA) is 41.6 Å². The molecular formula is C15H21ClN2O2. The Morgan fingerprint density at radius 1 is 1.40 bits per heavy atom. The Balaban J connectivity index is 1.55. The number of benzene rings is 1. The van der Waals surface area contributed by atoms with E-state index in [2.05, 4.69) is 5.32 Å². The Morgan fingerprint density at radius 2 is 2.10 bits per heavy atom. The zero-order chi connectivity index (χ0) is 14.4. The van der Waals surface area contributed by atoms with Gasteiger partial charge in [0, 0.05) is 17.6 Å². The molecule has 1 aliphatic carbocycles. The molecule has 5 heteroatoms. The van der Waals surface area contributed by atoms with Crippen molar-refractivity contribution in [1.29, 1.82) is 0 Å². The van der Waals surface area contributed by atoms with Gasteiger partial charge in [-0.05, 0) is 50.6 Å². The van der Waals surface area contributed by atoms with E-state index in [0.29, 0.717) is 24.2 Å². The fourth-order valence-electron chi connectivity index (χ4n) is 1.88. The molecule has 1 aliphatic rings. The summed E-state index contributed by atoms with van der Waals surface area (Å²) in [5.74, 6) is 0.942. The maximum Gasteiger partial charge on any atom is 0.234 e. The van der Waals surface area contributed by atoms with Crippen LogP contribution in [0.4, 0.5) is 0 Å². The van der Waals surface area contributed by atoms with E-state index in [1.54, 1.807) is 0 Å². The molecule has 0 saturated heterocycles. The normalized spacial score (nSPS) is 14.3. The molecule has 4 nitrogen and oxygen atoms in total. The van der Waals surface area contributed by atoms with Gasteiger partial charge in [-0.15, -0.1) is 0 Å². The molecular weight excluding hydrogens is 276 g/mol. The van der Waals surface area contributed by atoms with Crippen molar-refractivity contribution in [2.24, 2.45) is 0 Å². The first-order chi connectivity index (χ1) is 9.63. The van der Waals surface area contributed by atoms with Crippen molar-refractivity contribution < 1.29 is 9.53 Å². The highest BCUT2D eigenvalue weighted by Gasteiger charge is 2.23. The van der Waals surface area contributed by atoms with E-state index in [1.807, 2.05) is 36.2 Å². The summed E-state index contributed by atoms with van der Waals surface area (Å²) in [6.07, 6.45) is 3.14. The van der Waals surface area contributed by atoms with Gasteiger partial charge in [0.1, 0.15) is 5.75 Å². The Labute approximate surface area is 125 Å². The molecule has 0 aliphatic heterocycles. The van der Waals surface area contributed by atoms with Crippen molar-refractivity contribution in [2.75, 3.05) is 26.7 Å². The van der Waals surface area contributed by atoms with E-state index in [0.717, 1.165) is 31.6 Å². The Hall–Kier alpha value is -1.26. The Morgan fingerprint density at radius 3 is 2.75 bits per heavy atom. The van der Waals surface area contributed by atoms with Crippen molar-refractivity contribution in [2.45, 2.75) is 25.3 Å². The average molecular weight is 297 g/mol. The van der Waals surface area contributed by atoms with E-state index in [1.165, 1.54) is 0 Å². The van der Waals surface area contributed by atoms with Crippen molar-refractivity contribution in [1.82, 2.24) is 10.2 Å². The van der Waals surface area contributed by atoms with Crippen molar-refractivity contribution in [3.8, 4) is 5.75 Å². The minimum atomic E-state index is 0.119. The lowest BCUT2D eigenvalue weighted by molar-refractivity contribution is -0.122. The largest absolute Gasteiger partial charge is 0.494 e. The number of carbonyl (C=O) groups excluding carboxylic acids is 1. The number of hydrogen-bond acceptors (Lipinski definition) is 3. The molecule has 0 bridgehead atoms. The molecule has 1 amide bonds. The van der Waals surface area contributed by atoms with Crippen LogP contribution in [0.3, 0.4) is 0 Å². The first kappa shape index (κ1) is 15.1. The predicted molar refractivity (Wildman–Crippen MR) is 80.2 cm³/mol. The Bertz CT molecular complexity index is 432. The molecule has 0 spiro atoms. The standard InChI is InChI=1S/C15H21ClN2O2/c1-18(11-15(19)17-13-5-6-13)9-2-10-20-14-7-3-12(16)4-8-14/h3-4,7-8,13H,2,5-6,9-11H2,1H3,(H,17,19). The third kappa shape index (κ3) is 5.80. The van der Waals surface area contributed by atoms with Crippen LogP contribution >= 0.6 is 11.6 Å². The summed E-state index contributed by atoms with van der Waals surface area (Å²) in [6, 6.07) is 7.77. The number of halogens is 1. The monoisotopic (exact) mass is 296 g/mol. The lowest BCUT2D eigenvalue weighted by Gasteiger charge is -2.16. The van der Waals surface area contributed by atoms with Crippen molar-refractivity contribution >= 4 is 17.5 Å². The van der Waals surface area contributed by atoms with E-state index in [4.69, 9.17) is 16.3 Å². The number of rotatable bonds is 8. The SMILES string of the molecule is CN(CCCOc1ccc(Cl)cc1)CC(=O)NC1CC1. The number of likely N-dealkylation sites (N-methyl/N-ethyl adjacent to an activating group) is 1. The number of ether oxygens (including phenoxy) is 1. The lowest BCUT2D eigenvalue weighted by Crippen LogP contribution is -2.36. The second-order valence-electron chi connectivity index (χ2n) is 5.24. The minimum Gasteiger partial charge on any atom is -0.494 e. The lowest BCUT2D eigenvalue weighted by atomic mass is 10.3. The maximum absolute atomic E-state index is 11.6. The van der Waals surface area contributed by atoms with Crippen LogP contribution in [0.5, 0.6) is 5.75 Å². The van der Waals surface area contributed by atoms with Crippen LogP contribution in [0, 0.1) is 0 Å². The molecule has 0 heterocycles. The zero-order valence-corrected chi connectivity index (χ0v) is 12.5. The van der Waals surface area contributed by atoms with Crippen LogP contribution in [0.15, 0.2) is 24.3 Å². The van der Waals surface area contributed by atoms with Crippen LogP contribution in [0.25, 0.3) is 0 Å². The molecule has 1 aromatic rings. The van der Waals surface area contributed by atoms with E-state index in [9.17, 15) is 4.79 Å². The third-order valence-corrected chi connectivity index (χ3v) is 3.37. The molecule has 1 N–H and O–H groups in total. The first-order valence-electron chi connectivity index (χ1n) is 7.00. The molecule has 20 heavy (non-hydrogen) atoms. The fraction of sp³-hybridized carbons (Fsp3) is 0.533. The minimum absolute atomic E-state index is 0.119. The molecule has 1 saturated carbocycles. The smallest absolute Gasteiger partial charge is 0.234 e. The second-order valence-corrected chi connectivity index (χ2v) is 5.67. The van der Waals surface area contributed by atoms with Crippen LogP contribution in [-0.4, -0.2) is 43.6 Å². The van der Waals surface area contributed by atoms with E-state index in [-0.39, 0.29) is 5.91 Å². The quantitative estimate of drug-likeness (QED) is 0.749. The third-order valence-electron chi connectivity index (χ3n) is 3.12. The number of carbonyl (C=O) groups is 1. The van der Waals surface area contributed by atoms with E-state index >= 15 is 0 Å². The van der Waals surface area contributed by atoms with Crippen molar-refractivity contribution in [3.63, 3.8) is 0 Å². The summed E-state index contributed by atoms with van der Waals surface area (Å²) in [5.41, 5.74) is 0. The van der Waals surface area contributed by atoms with Gasteiger partial charge in [0.05, 0.1) is 13.2 Å². The van der Waals surface area contributed by atoms with Gasteiger partial charge in [-0.1, -0.05) is 11.6 Å². The number of amides is 1. The van der Waals surface area contributed by atoms with Crippen LogP contribution in [0.2, 0.25) is 5.02 Å². The molecule has 2 rings (SSSR count). The van der Waals surface area contributed by atoms with Crippen LogP contribution in [0.1, 0.15) is 19.3 Å². The number of hydrogen-bond donors (Lipinski definition) is 1. The highest BCUT2D eigenvalue weighted by atomic mass is 35.5. The predicted octanol–water partition coefficient (Wildman–Crippen LogP) is 2.32. The van der Waals surface area contributed by atoms with Gasteiger partial charge in [0.2, 0.25) is 5.91 Å². The van der Waals surface area contributed by atoms with Gasteiger partial charge in [0.15, 0.2) is 0 Å². The molecule has 1 aromatic carbocycles. The number of nitrogens with one attached hydrogen (secondary N) is 1. The molecule has 0 aromatic heterocycles. The summed E-state index contributed by atoms with van der Waals surface area (Å²) >= 11 is 5.80. The first-order valence-corrected chi connectivity index (χ1v) is 7.37. The summed E-state index contributed by atoms with van der Waals surface area (Å²) in [4.78, 5) is 13.6. The Kier molecular flexibility index (Phi) is 5.68. The zero-order valence-electron chi connectivity index (χ0n) is 11.8. The van der Waals surface area contributed by atoms with Gasteiger partial charge in [-0.2, -0.15) is 0 Å². The molecule has 0 radical (unpaired) electrons. The van der Waals surface area contributed by atoms with Crippen LogP contribution in [-0.2, 0) is 4.79 Å². The molecule has 0 atom stereocenters. The van der Waals surface area contributed by atoms with Gasteiger partial charge in [-0.3, -0.25) is 9.69 Å². The maximum atomic E-state index is 11.6. The van der Waals surface area contributed by atoms with Crippen LogP contribution < -0.4 is 10.1 Å². The summed E-state index contributed by atoms with van der Waals surface area (Å²) in [5, 5.41) is 3.69. The number of nitrogens with zero attached hydrogens (tertiary/aromatic N) is 1. The average Bonchev–Trinajstić information content (AvgIpc) is 3.20. The second kappa shape index (κ2) is 7.50. The van der Waals surface area contributed by atoms with Gasteiger partial charge in [0.25, 0.3) is 0 Å². The van der Waals surface area contributed by atoms with Gasteiger partial charge < -0.3 is 10.1 Å². The summed E-state index contributed by atoms with van der Waals surface area (Å²) in [7, 11) is 1.95. The molecule has 1 fully saturated rings. The summed E-state index contributed by atoms with van der Waals surface area (Å²) in [6.45, 7) is 1.93. The summed E-state index contributed by atoms with van der Waals surface area (Å²) < 4.78 is 5.61. The molecule has 0 unspecified atom stereocenters. The molecule has 110 valence electrons. The van der Waals surface area contributed by atoms with Crippen molar-refractivity contribution in [3.05, 3.63) is 29.3 Å². The van der Waals surface area contributed by atoms with Gasteiger partial charge in [-0.25, -0.2) is 0 Å². The fourth-order valence-corrected chi connectivity index (χ4v) is 2.01. The highest BCUT2D eigenvalue weighted by molar-refractivity contribution is 6.30. The van der Waals surface area contributed by atoms with E-state index < -0.39 is 0 Å². The van der Waals surface area contributed by atoms with Gasteiger partial charge >= 0.3 is 0 Å². The highest BCUT2D eigenvalue weighted by Crippen LogP contribution is 2.18.